The quantitative estimate of drug-likeness (QED) is 0.581. The maximum Gasteiger partial charge on any atom is 0.354 e. The SMILES string of the molecule is O=C([O-])c1ccc[n+](CCOC(=O)c2ccc[nH]2)c1. The Morgan fingerprint density at radius 1 is 1.32 bits per heavy atom. The van der Waals surface area contributed by atoms with E-state index in [1.807, 2.05) is 0 Å². The number of carbonyl (C=O) groups is 2. The van der Waals surface area contributed by atoms with E-state index >= 15 is 0 Å². The van der Waals surface area contributed by atoms with Gasteiger partial charge in [-0.2, -0.15) is 0 Å². The second-order valence-corrected chi connectivity index (χ2v) is 3.84. The molecule has 0 amide bonds. The molecule has 2 aromatic heterocycles. The van der Waals surface area contributed by atoms with Gasteiger partial charge in [-0.1, -0.05) is 0 Å². The van der Waals surface area contributed by atoms with Gasteiger partial charge in [-0.25, -0.2) is 9.36 Å². The van der Waals surface area contributed by atoms with Crippen LogP contribution in [0.25, 0.3) is 0 Å². The van der Waals surface area contributed by atoms with Crippen molar-refractivity contribution in [2.75, 3.05) is 6.61 Å². The number of nitrogens with zero attached hydrogens (tertiary/aromatic N) is 1. The Labute approximate surface area is 109 Å². The molecule has 0 aliphatic heterocycles. The van der Waals surface area contributed by atoms with Crippen molar-refractivity contribution in [3.8, 4) is 0 Å². The summed E-state index contributed by atoms with van der Waals surface area (Å²) in [6.45, 7) is 0.520. The maximum atomic E-state index is 11.5. The van der Waals surface area contributed by atoms with E-state index in [-0.39, 0.29) is 12.2 Å². The van der Waals surface area contributed by atoms with Crippen LogP contribution in [0.3, 0.4) is 0 Å². The summed E-state index contributed by atoms with van der Waals surface area (Å²) in [4.78, 5) is 24.9. The summed E-state index contributed by atoms with van der Waals surface area (Å²) < 4.78 is 6.65. The molecule has 0 unspecified atom stereocenters. The van der Waals surface area contributed by atoms with E-state index in [1.165, 1.54) is 12.3 Å². The molecule has 0 radical (unpaired) electrons. The molecule has 0 saturated carbocycles. The lowest BCUT2D eigenvalue weighted by Gasteiger charge is -2.03. The Bertz CT molecular complexity index is 578. The van der Waals surface area contributed by atoms with Crippen LogP contribution in [-0.2, 0) is 11.3 Å². The van der Waals surface area contributed by atoms with Gasteiger partial charge in [-0.15, -0.1) is 0 Å². The zero-order valence-electron chi connectivity index (χ0n) is 10.0. The molecule has 2 rings (SSSR count). The molecule has 0 atom stereocenters. The molecular weight excluding hydrogens is 248 g/mol. The summed E-state index contributed by atoms with van der Waals surface area (Å²) in [6, 6.07) is 6.36. The molecular formula is C13H12N2O4. The van der Waals surface area contributed by atoms with Crippen molar-refractivity contribution in [3.05, 3.63) is 54.1 Å². The number of nitrogens with one attached hydrogen (secondary N) is 1. The Morgan fingerprint density at radius 2 is 2.16 bits per heavy atom. The lowest BCUT2D eigenvalue weighted by Crippen LogP contribution is -2.38. The van der Waals surface area contributed by atoms with Crippen molar-refractivity contribution in [2.24, 2.45) is 0 Å². The molecule has 19 heavy (non-hydrogen) atoms. The van der Waals surface area contributed by atoms with Crippen LogP contribution in [0.1, 0.15) is 20.8 Å². The minimum atomic E-state index is -1.24. The molecule has 0 bridgehead atoms. The number of aromatic amines is 1. The first-order valence-corrected chi connectivity index (χ1v) is 5.68. The Kier molecular flexibility index (Phi) is 3.92. The first-order valence-electron chi connectivity index (χ1n) is 5.68. The van der Waals surface area contributed by atoms with Gasteiger partial charge in [0, 0.05) is 12.3 Å². The van der Waals surface area contributed by atoms with Crippen LogP contribution in [0.4, 0.5) is 0 Å². The number of carboxylic acid groups (broad SMARTS) is 1. The number of rotatable bonds is 5. The van der Waals surface area contributed by atoms with Crippen LogP contribution in [0, 0.1) is 0 Å². The lowest BCUT2D eigenvalue weighted by molar-refractivity contribution is -0.698. The molecule has 98 valence electrons. The highest BCUT2D eigenvalue weighted by Gasteiger charge is 2.09. The highest BCUT2D eigenvalue weighted by molar-refractivity contribution is 5.87. The number of carbonyl (C=O) groups excluding carboxylic acids is 2. The number of esters is 1. The summed E-state index contributed by atoms with van der Waals surface area (Å²) in [6.07, 6.45) is 4.75. The van der Waals surface area contributed by atoms with Crippen LogP contribution in [0.15, 0.2) is 42.9 Å². The molecule has 0 fully saturated rings. The number of carboxylic acids is 1. The lowest BCUT2D eigenvalue weighted by atomic mass is 10.3. The summed E-state index contributed by atoms with van der Waals surface area (Å²) in [5.41, 5.74) is 0.465. The number of aromatic carboxylic acids is 1. The molecule has 2 aromatic rings. The van der Waals surface area contributed by atoms with Crippen molar-refractivity contribution in [1.82, 2.24) is 4.98 Å². The normalized spacial score (nSPS) is 10.1. The standard InChI is InChI=1S/C13H12N2O4/c16-12(17)10-3-2-6-15(9-10)7-8-19-13(18)11-4-1-5-14-11/h1-6,9H,7-8H2,(H-,14,16,17,18). The highest BCUT2D eigenvalue weighted by Crippen LogP contribution is 1.97. The number of pyridine rings is 1. The Balaban J connectivity index is 1.87. The third-order valence-corrected chi connectivity index (χ3v) is 2.49. The van der Waals surface area contributed by atoms with E-state index in [0.717, 1.165) is 0 Å². The van der Waals surface area contributed by atoms with E-state index < -0.39 is 11.9 Å². The van der Waals surface area contributed by atoms with Crippen LogP contribution in [-0.4, -0.2) is 23.5 Å². The van der Waals surface area contributed by atoms with Gasteiger partial charge < -0.3 is 19.6 Å². The van der Waals surface area contributed by atoms with Crippen molar-refractivity contribution in [3.63, 3.8) is 0 Å². The fourth-order valence-corrected chi connectivity index (χ4v) is 1.56. The second kappa shape index (κ2) is 5.81. The predicted molar refractivity (Wildman–Crippen MR) is 62.0 cm³/mol. The van der Waals surface area contributed by atoms with Crippen LogP contribution in [0.2, 0.25) is 0 Å². The molecule has 0 aliphatic rings. The molecule has 6 heteroatoms. The molecule has 0 saturated heterocycles. The zero-order valence-corrected chi connectivity index (χ0v) is 10.0. The molecule has 0 aliphatic carbocycles. The Hall–Kier alpha value is -2.63. The van der Waals surface area contributed by atoms with Crippen molar-refractivity contribution >= 4 is 11.9 Å². The van der Waals surface area contributed by atoms with E-state index in [2.05, 4.69) is 4.98 Å². The third kappa shape index (κ3) is 3.41. The van der Waals surface area contributed by atoms with Gasteiger partial charge in [0.05, 0.1) is 11.5 Å². The average Bonchev–Trinajstić information content (AvgIpc) is 2.93. The largest absolute Gasteiger partial charge is 0.545 e. The monoisotopic (exact) mass is 260 g/mol. The molecule has 1 N–H and O–H groups in total. The van der Waals surface area contributed by atoms with Gasteiger partial charge in [0.2, 0.25) is 0 Å². The highest BCUT2D eigenvalue weighted by atomic mass is 16.5. The Morgan fingerprint density at radius 3 is 2.84 bits per heavy atom. The number of hydrogen-bond acceptors (Lipinski definition) is 4. The van der Waals surface area contributed by atoms with Gasteiger partial charge in [-0.3, -0.25) is 0 Å². The fraction of sp³-hybridized carbons (Fsp3) is 0.154. The van der Waals surface area contributed by atoms with Crippen LogP contribution < -0.4 is 9.67 Å². The first kappa shape index (κ1) is 12.8. The summed E-state index contributed by atoms with van der Waals surface area (Å²) in [5, 5.41) is 10.7. The van der Waals surface area contributed by atoms with Crippen molar-refractivity contribution in [2.45, 2.75) is 6.54 Å². The molecule has 0 aromatic carbocycles. The van der Waals surface area contributed by atoms with Crippen molar-refractivity contribution < 1.29 is 24.0 Å². The van der Waals surface area contributed by atoms with E-state index in [0.29, 0.717) is 12.2 Å². The maximum absolute atomic E-state index is 11.5. The van der Waals surface area contributed by atoms with Crippen LogP contribution in [0.5, 0.6) is 0 Å². The van der Waals surface area contributed by atoms with Gasteiger partial charge >= 0.3 is 5.97 Å². The van der Waals surface area contributed by atoms with E-state index in [4.69, 9.17) is 4.74 Å². The van der Waals surface area contributed by atoms with Crippen LogP contribution >= 0.6 is 0 Å². The number of H-pyrrole nitrogens is 1. The summed E-state index contributed by atoms with van der Waals surface area (Å²) >= 11 is 0. The fourth-order valence-electron chi connectivity index (χ4n) is 1.56. The first-order chi connectivity index (χ1) is 9.16. The molecule has 0 spiro atoms. The number of aromatic nitrogens is 2. The third-order valence-electron chi connectivity index (χ3n) is 2.49. The van der Waals surface area contributed by atoms with Gasteiger partial charge in [0.15, 0.2) is 25.5 Å². The van der Waals surface area contributed by atoms with Gasteiger partial charge in [-0.05, 0) is 18.2 Å². The molecule has 6 nitrogen and oxygen atoms in total. The zero-order chi connectivity index (χ0) is 13.7. The molecule has 2 heterocycles. The van der Waals surface area contributed by atoms with E-state index in [9.17, 15) is 14.7 Å². The van der Waals surface area contributed by atoms with Crippen molar-refractivity contribution in [1.29, 1.82) is 0 Å². The summed E-state index contributed by atoms with van der Waals surface area (Å²) in [5.74, 6) is -1.68. The van der Waals surface area contributed by atoms with E-state index in [1.54, 1.807) is 35.2 Å². The smallest absolute Gasteiger partial charge is 0.354 e. The minimum Gasteiger partial charge on any atom is -0.545 e. The number of hydrogen-bond donors (Lipinski definition) is 1. The minimum absolute atomic E-state index is 0.0817. The predicted octanol–water partition coefficient (Wildman–Crippen LogP) is -0.477. The average molecular weight is 260 g/mol. The number of ether oxygens (including phenoxy) is 1. The van der Waals surface area contributed by atoms with Gasteiger partial charge in [0.1, 0.15) is 5.69 Å². The summed E-state index contributed by atoms with van der Waals surface area (Å²) in [7, 11) is 0. The topological polar surface area (TPSA) is 86.1 Å². The van der Waals surface area contributed by atoms with Gasteiger partial charge in [0.25, 0.3) is 0 Å². The second-order valence-electron chi connectivity index (χ2n) is 3.84.